The Morgan fingerprint density at radius 1 is 1.07 bits per heavy atom. The number of non-ortho nitro benzene ring substituents is 1. The van der Waals surface area contributed by atoms with Gasteiger partial charge >= 0.3 is 0 Å². The van der Waals surface area contributed by atoms with Gasteiger partial charge in [0, 0.05) is 49.6 Å². The van der Waals surface area contributed by atoms with Gasteiger partial charge < -0.3 is 9.32 Å². The third kappa shape index (κ3) is 4.12. The molecule has 4 rings (SSSR count). The fourth-order valence-corrected chi connectivity index (χ4v) is 3.61. The lowest BCUT2D eigenvalue weighted by Gasteiger charge is -2.38. The molecule has 8 nitrogen and oxygen atoms in total. The van der Waals surface area contributed by atoms with E-state index in [0.29, 0.717) is 11.8 Å². The lowest BCUT2D eigenvalue weighted by Crippen LogP contribution is -2.47. The minimum absolute atomic E-state index is 0.0278. The summed E-state index contributed by atoms with van der Waals surface area (Å²) in [4.78, 5) is 15.0. The number of aromatic nitrogens is 2. The topological polar surface area (TPSA) is 88.5 Å². The lowest BCUT2D eigenvalue weighted by molar-refractivity contribution is -0.384. The van der Waals surface area contributed by atoms with Gasteiger partial charge in [0.1, 0.15) is 0 Å². The SMILES string of the molecule is Cc1cccc(-c2nnc([C@H](C)N3CCN(c4ccc([N+](=O)[O-])cc4)CC3)o2)c1. The average Bonchev–Trinajstić information content (AvgIpc) is 3.24. The molecule has 8 heteroatoms. The normalized spacial score (nSPS) is 16.0. The van der Waals surface area contributed by atoms with Crippen LogP contribution in [0.15, 0.2) is 52.9 Å². The summed E-state index contributed by atoms with van der Waals surface area (Å²) in [6.07, 6.45) is 0. The molecule has 0 amide bonds. The number of benzene rings is 2. The highest BCUT2D eigenvalue weighted by Crippen LogP contribution is 2.27. The summed E-state index contributed by atoms with van der Waals surface area (Å²) in [5.41, 5.74) is 3.20. The summed E-state index contributed by atoms with van der Waals surface area (Å²) < 4.78 is 5.95. The third-order valence-electron chi connectivity index (χ3n) is 5.35. The van der Waals surface area contributed by atoms with Crippen molar-refractivity contribution in [2.45, 2.75) is 19.9 Å². The Bertz CT molecular complexity index is 994. The van der Waals surface area contributed by atoms with Crippen LogP contribution in [0.4, 0.5) is 11.4 Å². The van der Waals surface area contributed by atoms with Crippen LogP contribution in [0.25, 0.3) is 11.5 Å². The van der Waals surface area contributed by atoms with Crippen molar-refractivity contribution in [2.24, 2.45) is 0 Å². The van der Waals surface area contributed by atoms with Gasteiger partial charge in [0.2, 0.25) is 11.8 Å². The highest BCUT2D eigenvalue weighted by molar-refractivity contribution is 5.53. The zero-order valence-electron chi connectivity index (χ0n) is 16.5. The van der Waals surface area contributed by atoms with Gasteiger partial charge in [-0.3, -0.25) is 15.0 Å². The van der Waals surface area contributed by atoms with E-state index >= 15 is 0 Å². The molecular weight excluding hydrogens is 370 g/mol. The monoisotopic (exact) mass is 393 g/mol. The molecule has 29 heavy (non-hydrogen) atoms. The van der Waals surface area contributed by atoms with E-state index in [1.165, 1.54) is 0 Å². The van der Waals surface area contributed by atoms with Crippen LogP contribution >= 0.6 is 0 Å². The van der Waals surface area contributed by atoms with Gasteiger partial charge in [0.15, 0.2) is 0 Å². The van der Waals surface area contributed by atoms with E-state index < -0.39 is 0 Å². The Hall–Kier alpha value is -3.26. The fraction of sp³-hybridized carbons (Fsp3) is 0.333. The van der Waals surface area contributed by atoms with Crippen LogP contribution in [0, 0.1) is 17.0 Å². The number of anilines is 1. The van der Waals surface area contributed by atoms with E-state index in [-0.39, 0.29) is 16.7 Å². The molecule has 1 aliphatic heterocycles. The number of piperazine rings is 1. The molecule has 1 saturated heterocycles. The largest absolute Gasteiger partial charge is 0.419 e. The molecule has 0 bridgehead atoms. The molecule has 0 aliphatic carbocycles. The van der Waals surface area contributed by atoms with E-state index in [1.807, 2.05) is 43.3 Å². The van der Waals surface area contributed by atoms with Crippen molar-refractivity contribution in [3.05, 3.63) is 70.1 Å². The Morgan fingerprint density at radius 2 is 1.79 bits per heavy atom. The van der Waals surface area contributed by atoms with Gasteiger partial charge in [0.05, 0.1) is 11.0 Å². The lowest BCUT2D eigenvalue weighted by atomic mass is 10.1. The number of nitro groups is 1. The van der Waals surface area contributed by atoms with Crippen molar-refractivity contribution in [3.8, 4) is 11.5 Å². The highest BCUT2D eigenvalue weighted by atomic mass is 16.6. The molecule has 1 atom stereocenters. The van der Waals surface area contributed by atoms with Crippen molar-refractivity contribution >= 4 is 11.4 Å². The summed E-state index contributed by atoms with van der Waals surface area (Å²) in [5, 5.41) is 19.3. The van der Waals surface area contributed by atoms with E-state index in [9.17, 15) is 10.1 Å². The Kier molecular flexibility index (Phi) is 5.26. The van der Waals surface area contributed by atoms with Gasteiger partial charge in [0.25, 0.3) is 5.69 Å². The maximum atomic E-state index is 10.8. The Labute approximate surface area is 168 Å². The highest BCUT2D eigenvalue weighted by Gasteiger charge is 2.26. The number of hydrogen-bond acceptors (Lipinski definition) is 7. The van der Waals surface area contributed by atoms with Crippen LogP contribution in [0.3, 0.4) is 0 Å². The van der Waals surface area contributed by atoms with Gasteiger partial charge in [-0.15, -0.1) is 10.2 Å². The second kappa shape index (κ2) is 8.00. The van der Waals surface area contributed by atoms with Crippen LogP contribution in [0.5, 0.6) is 0 Å². The molecule has 1 aliphatic rings. The summed E-state index contributed by atoms with van der Waals surface area (Å²) in [5.74, 6) is 1.16. The van der Waals surface area contributed by atoms with Crippen LogP contribution in [0.2, 0.25) is 0 Å². The van der Waals surface area contributed by atoms with Gasteiger partial charge in [-0.05, 0) is 38.1 Å². The van der Waals surface area contributed by atoms with Crippen molar-refractivity contribution in [2.75, 3.05) is 31.1 Å². The van der Waals surface area contributed by atoms with Crippen LogP contribution in [-0.2, 0) is 0 Å². The maximum absolute atomic E-state index is 10.8. The van der Waals surface area contributed by atoms with E-state index in [1.54, 1.807) is 12.1 Å². The molecule has 2 aromatic carbocycles. The van der Waals surface area contributed by atoms with Crippen LogP contribution < -0.4 is 4.90 Å². The smallest absolute Gasteiger partial charge is 0.269 e. The molecule has 0 N–H and O–H groups in total. The predicted molar refractivity (Wildman–Crippen MR) is 110 cm³/mol. The fourth-order valence-electron chi connectivity index (χ4n) is 3.61. The van der Waals surface area contributed by atoms with Crippen molar-refractivity contribution in [1.82, 2.24) is 15.1 Å². The first-order chi connectivity index (χ1) is 14.0. The summed E-state index contributed by atoms with van der Waals surface area (Å²) in [6.45, 7) is 7.48. The quantitative estimate of drug-likeness (QED) is 0.481. The summed E-state index contributed by atoms with van der Waals surface area (Å²) in [6, 6.07) is 14.8. The zero-order valence-corrected chi connectivity index (χ0v) is 16.5. The first-order valence-electron chi connectivity index (χ1n) is 9.65. The number of hydrogen-bond donors (Lipinski definition) is 0. The van der Waals surface area contributed by atoms with E-state index in [0.717, 1.165) is 43.0 Å². The predicted octanol–water partition coefficient (Wildman–Crippen LogP) is 3.84. The number of nitrogens with zero attached hydrogens (tertiary/aromatic N) is 5. The molecule has 1 aromatic heterocycles. The minimum Gasteiger partial charge on any atom is -0.419 e. The van der Waals surface area contributed by atoms with Gasteiger partial charge in [-0.2, -0.15) is 0 Å². The summed E-state index contributed by atoms with van der Waals surface area (Å²) >= 11 is 0. The first kappa shape index (κ1) is 19.1. The van der Waals surface area contributed by atoms with Crippen molar-refractivity contribution < 1.29 is 9.34 Å². The zero-order chi connectivity index (χ0) is 20.4. The number of aryl methyl sites for hydroxylation is 1. The second-order valence-corrected chi connectivity index (χ2v) is 7.29. The Balaban J connectivity index is 1.39. The second-order valence-electron chi connectivity index (χ2n) is 7.29. The van der Waals surface area contributed by atoms with Crippen molar-refractivity contribution in [3.63, 3.8) is 0 Å². The van der Waals surface area contributed by atoms with Crippen LogP contribution in [0.1, 0.15) is 24.4 Å². The van der Waals surface area contributed by atoms with Crippen LogP contribution in [-0.4, -0.2) is 46.2 Å². The number of nitro benzene ring substituents is 1. The van der Waals surface area contributed by atoms with E-state index in [4.69, 9.17) is 4.42 Å². The van der Waals surface area contributed by atoms with Gasteiger partial charge in [-0.25, -0.2) is 0 Å². The first-order valence-corrected chi connectivity index (χ1v) is 9.65. The number of rotatable bonds is 5. The molecule has 1 fully saturated rings. The third-order valence-corrected chi connectivity index (χ3v) is 5.35. The molecule has 0 saturated carbocycles. The molecule has 0 spiro atoms. The molecule has 0 unspecified atom stereocenters. The molecular formula is C21H23N5O3. The standard InChI is InChI=1S/C21H23N5O3/c1-15-4-3-5-17(14-15)21-23-22-20(29-21)16(2)24-10-12-25(13-11-24)18-6-8-19(9-7-18)26(27)28/h3-9,14,16H,10-13H2,1-2H3/t16-/m0/s1. The van der Waals surface area contributed by atoms with E-state index in [2.05, 4.69) is 26.9 Å². The summed E-state index contributed by atoms with van der Waals surface area (Å²) in [7, 11) is 0. The molecule has 2 heterocycles. The molecule has 3 aromatic rings. The average molecular weight is 393 g/mol. The maximum Gasteiger partial charge on any atom is 0.269 e. The van der Waals surface area contributed by atoms with Crippen molar-refractivity contribution in [1.29, 1.82) is 0 Å². The van der Waals surface area contributed by atoms with Gasteiger partial charge in [-0.1, -0.05) is 17.7 Å². The Morgan fingerprint density at radius 3 is 2.45 bits per heavy atom. The minimum atomic E-state index is -0.376. The molecule has 150 valence electrons. The molecule has 0 radical (unpaired) electrons.